The van der Waals surface area contributed by atoms with Crippen molar-refractivity contribution in [2.24, 2.45) is 5.10 Å². The number of hydrogen-bond acceptors (Lipinski definition) is 4. The zero-order chi connectivity index (χ0) is 22.5. The van der Waals surface area contributed by atoms with Crippen LogP contribution in [0.5, 0.6) is 0 Å². The lowest BCUT2D eigenvalue weighted by atomic mass is 10.1. The van der Waals surface area contributed by atoms with Gasteiger partial charge in [0.2, 0.25) is 0 Å². The molecule has 6 nitrogen and oxygen atoms in total. The van der Waals surface area contributed by atoms with Gasteiger partial charge in [0, 0.05) is 52.9 Å². The van der Waals surface area contributed by atoms with E-state index in [0.717, 1.165) is 55.5 Å². The van der Waals surface area contributed by atoms with Crippen LogP contribution in [0.1, 0.15) is 32.9 Å². The number of halogens is 1. The molecule has 1 aromatic heterocycles. The van der Waals surface area contributed by atoms with Gasteiger partial charge in [-0.1, -0.05) is 23.7 Å². The van der Waals surface area contributed by atoms with Crippen LogP contribution in [0.25, 0.3) is 5.69 Å². The molecule has 7 heteroatoms. The van der Waals surface area contributed by atoms with Gasteiger partial charge in [0.1, 0.15) is 0 Å². The van der Waals surface area contributed by atoms with Gasteiger partial charge in [0.15, 0.2) is 0 Å². The zero-order valence-corrected chi connectivity index (χ0v) is 19.1. The maximum atomic E-state index is 12.5. The van der Waals surface area contributed by atoms with E-state index in [1.165, 1.54) is 5.56 Å². The molecule has 2 aromatic carbocycles. The smallest absolute Gasteiger partial charge is 0.271 e. The summed E-state index contributed by atoms with van der Waals surface area (Å²) < 4.78 is 7.52. The van der Waals surface area contributed by atoms with Gasteiger partial charge < -0.3 is 9.30 Å². The maximum Gasteiger partial charge on any atom is 0.271 e. The van der Waals surface area contributed by atoms with Gasteiger partial charge in [-0.2, -0.15) is 5.10 Å². The van der Waals surface area contributed by atoms with Crippen molar-refractivity contribution in [3.05, 3.63) is 87.7 Å². The molecule has 1 amide bonds. The van der Waals surface area contributed by atoms with E-state index in [9.17, 15) is 4.79 Å². The fourth-order valence-corrected chi connectivity index (χ4v) is 4.04. The van der Waals surface area contributed by atoms with Gasteiger partial charge in [-0.05, 0) is 61.9 Å². The third-order valence-corrected chi connectivity index (χ3v) is 5.90. The first-order valence-corrected chi connectivity index (χ1v) is 11.1. The highest BCUT2D eigenvalue weighted by molar-refractivity contribution is 6.30. The van der Waals surface area contributed by atoms with Crippen molar-refractivity contribution < 1.29 is 9.53 Å². The second-order valence-electron chi connectivity index (χ2n) is 7.92. The van der Waals surface area contributed by atoms with Crippen molar-refractivity contribution in [1.29, 1.82) is 0 Å². The molecule has 0 atom stereocenters. The summed E-state index contributed by atoms with van der Waals surface area (Å²) in [7, 11) is 0. The van der Waals surface area contributed by atoms with Crippen molar-refractivity contribution in [1.82, 2.24) is 14.9 Å². The highest BCUT2D eigenvalue weighted by Gasteiger charge is 2.12. The summed E-state index contributed by atoms with van der Waals surface area (Å²) >= 11 is 6.01. The number of aromatic nitrogens is 1. The van der Waals surface area contributed by atoms with E-state index in [1.807, 2.05) is 68.4 Å². The van der Waals surface area contributed by atoms with E-state index in [2.05, 4.69) is 20.0 Å². The Morgan fingerprint density at radius 3 is 2.47 bits per heavy atom. The van der Waals surface area contributed by atoms with Crippen LogP contribution in [0.3, 0.4) is 0 Å². The van der Waals surface area contributed by atoms with Crippen LogP contribution < -0.4 is 5.43 Å². The van der Waals surface area contributed by atoms with Gasteiger partial charge in [-0.25, -0.2) is 5.43 Å². The summed E-state index contributed by atoms with van der Waals surface area (Å²) in [5.41, 5.74) is 8.48. The second-order valence-corrected chi connectivity index (χ2v) is 8.36. The van der Waals surface area contributed by atoms with Crippen molar-refractivity contribution >= 4 is 23.7 Å². The Morgan fingerprint density at radius 1 is 1.09 bits per heavy atom. The SMILES string of the molecule is Cc1cc(/C=N/NC(=O)c2ccc(CN3CCOCC3)cc2)c(C)n1-c1ccc(Cl)cc1. The Labute approximate surface area is 193 Å². The van der Waals surface area contributed by atoms with Gasteiger partial charge >= 0.3 is 0 Å². The van der Waals surface area contributed by atoms with Crippen molar-refractivity contribution in [2.75, 3.05) is 26.3 Å². The van der Waals surface area contributed by atoms with E-state index < -0.39 is 0 Å². The first-order chi connectivity index (χ1) is 15.5. The third-order valence-electron chi connectivity index (χ3n) is 5.65. The lowest BCUT2D eigenvalue weighted by Gasteiger charge is -2.26. The molecule has 0 radical (unpaired) electrons. The molecular weight excluding hydrogens is 424 g/mol. The predicted molar refractivity (Wildman–Crippen MR) is 128 cm³/mol. The van der Waals surface area contributed by atoms with E-state index in [-0.39, 0.29) is 5.91 Å². The summed E-state index contributed by atoms with van der Waals surface area (Å²) in [6.45, 7) is 8.37. The largest absolute Gasteiger partial charge is 0.379 e. The molecular formula is C25H27ClN4O2. The molecule has 0 bridgehead atoms. The van der Waals surface area contributed by atoms with E-state index in [4.69, 9.17) is 16.3 Å². The highest BCUT2D eigenvalue weighted by atomic mass is 35.5. The summed E-state index contributed by atoms with van der Waals surface area (Å²) in [6, 6.07) is 17.4. The minimum Gasteiger partial charge on any atom is -0.379 e. The number of rotatable bonds is 6. The molecule has 2 heterocycles. The monoisotopic (exact) mass is 450 g/mol. The number of carbonyl (C=O) groups is 1. The number of nitrogens with one attached hydrogen (secondary N) is 1. The number of amides is 1. The average Bonchev–Trinajstić information content (AvgIpc) is 3.08. The van der Waals surface area contributed by atoms with Crippen molar-refractivity contribution in [3.8, 4) is 5.69 Å². The molecule has 0 aliphatic carbocycles. The lowest BCUT2D eigenvalue weighted by Crippen LogP contribution is -2.35. The van der Waals surface area contributed by atoms with Crippen LogP contribution in [0, 0.1) is 13.8 Å². The summed E-state index contributed by atoms with van der Waals surface area (Å²) in [5.74, 6) is -0.231. The van der Waals surface area contributed by atoms with Crippen molar-refractivity contribution in [3.63, 3.8) is 0 Å². The van der Waals surface area contributed by atoms with Crippen molar-refractivity contribution in [2.45, 2.75) is 20.4 Å². The topological polar surface area (TPSA) is 58.9 Å². The minimum atomic E-state index is -0.231. The molecule has 1 fully saturated rings. The summed E-state index contributed by atoms with van der Waals surface area (Å²) in [4.78, 5) is 14.8. The quantitative estimate of drug-likeness (QED) is 0.449. The average molecular weight is 451 g/mol. The Bertz CT molecular complexity index is 1100. The van der Waals surface area contributed by atoms with Crippen LogP contribution in [-0.4, -0.2) is 47.9 Å². The fourth-order valence-electron chi connectivity index (χ4n) is 3.91. The number of aryl methyl sites for hydroxylation is 1. The van der Waals surface area contributed by atoms with E-state index >= 15 is 0 Å². The highest BCUT2D eigenvalue weighted by Crippen LogP contribution is 2.21. The van der Waals surface area contributed by atoms with Crippen LogP contribution in [-0.2, 0) is 11.3 Å². The summed E-state index contributed by atoms with van der Waals surface area (Å²) in [6.07, 6.45) is 1.68. The first kappa shape index (κ1) is 22.3. The van der Waals surface area contributed by atoms with Crippen LogP contribution in [0.4, 0.5) is 0 Å². The Kier molecular flexibility index (Phi) is 7.05. The van der Waals surface area contributed by atoms with Gasteiger partial charge in [0.25, 0.3) is 5.91 Å². The molecule has 0 saturated carbocycles. The van der Waals surface area contributed by atoms with Crippen LogP contribution in [0.2, 0.25) is 5.02 Å². The number of ether oxygens (including phenoxy) is 1. The van der Waals surface area contributed by atoms with Crippen LogP contribution in [0.15, 0.2) is 59.7 Å². The number of morpholine rings is 1. The van der Waals surface area contributed by atoms with Gasteiger partial charge in [0.05, 0.1) is 19.4 Å². The predicted octanol–water partition coefficient (Wildman–Crippen LogP) is 4.34. The second kappa shape index (κ2) is 10.1. The maximum absolute atomic E-state index is 12.5. The number of nitrogens with zero attached hydrogens (tertiary/aromatic N) is 3. The molecule has 1 aliphatic heterocycles. The fraction of sp³-hybridized carbons (Fsp3) is 0.280. The molecule has 166 valence electrons. The number of hydrogen-bond donors (Lipinski definition) is 1. The standard InChI is InChI=1S/C25H27ClN4O2/c1-18-15-22(19(2)30(18)24-9-7-23(26)8-10-24)16-27-28-25(31)21-5-3-20(4-6-21)17-29-11-13-32-14-12-29/h3-10,15-16H,11-14,17H2,1-2H3,(H,28,31)/b27-16+. The third kappa shape index (κ3) is 5.27. The number of carbonyl (C=O) groups excluding carboxylic acids is 1. The Morgan fingerprint density at radius 2 is 1.78 bits per heavy atom. The molecule has 4 rings (SSSR count). The molecule has 1 aliphatic rings. The number of benzene rings is 2. The first-order valence-electron chi connectivity index (χ1n) is 10.7. The molecule has 1 saturated heterocycles. The molecule has 3 aromatic rings. The normalized spacial score (nSPS) is 14.7. The minimum absolute atomic E-state index is 0.231. The van der Waals surface area contributed by atoms with E-state index in [0.29, 0.717) is 10.6 Å². The van der Waals surface area contributed by atoms with E-state index in [1.54, 1.807) is 6.21 Å². The molecule has 0 unspecified atom stereocenters. The Hall–Kier alpha value is -2.93. The summed E-state index contributed by atoms with van der Waals surface area (Å²) in [5, 5.41) is 4.88. The molecule has 1 N–H and O–H groups in total. The number of hydrazone groups is 1. The van der Waals surface area contributed by atoms with Crippen LogP contribution >= 0.6 is 11.6 Å². The molecule has 0 spiro atoms. The molecule has 32 heavy (non-hydrogen) atoms. The lowest BCUT2D eigenvalue weighted by molar-refractivity contribution is 0.0342. The van der Waals surface area contributed by atoms with Gasteiger partial charge in [-0.15, -0.1) is 0 Å². The Balaban J connectivity index is 1.38. The zero-order valence-electron chi connectivity index (χ0n) is 18.3. The van der Waals surface area contributed by atoms with Gasteiger partial charge in [-0.3, -0.25) is 9.69 Å².